The summed E-state index contributed by atoms with van der Waals surface area (Å²) in [5, 5.41) is 5.94. The molecular weight excluding hydrogens is 352 g/mol. The van der Waals surface area contributed by atoms with Gasteiger partial charge in [0.15, 0.2) is 11.5 Å². The van der Waals surface area contributed by atoms with Gasteiger partial charge in [-0.2, -0.15) is 0 Å². The largest absolute Gasteiger partial charge is 0.493 e. The Labute approximate surface area is 167 Å². The maximum atomic E-state index is 12.4. The van der Waals surface area contributed by atoms with Crippen molar-refractivity contribution in [1.82, 2.24) is 5.32 Å². The van der Waals surface area contributed by atoms with Gasteiger partial charge >= 0.3 is 6.03 Å². The lowest BCUT2D eigenvalue weighted by Gasteiger charge is -2.20. The number of methoxy groups -OCH3 is 2. The number of hydrogen-bond acceptors (Lipinski definition) is 3. The maximum Gasteiger partial charge on any atom is 0.319 e. The van der Waals surface area contributed by atoms with E-state index in [4.69, 9.17) is 9.47 Å². The van der Waals surface area contributed by atoms with Gasteiger partial charge in [0, 0.05) is 17.6 Å². The number of anilines is 1. The zero-order valence-corrected chi connectivity index (χ0v) is 17.4. The third kappa shape index (κ3) is 4.41. The molecule has 0 heterocycles. The molecule has 1 saturated carbocycles. The van der Waals surface area contributed by atoms with Gasteiger partial charge in [-0.25, -0.2) is 4.79 Å². The molecule has 1 aliphatic rings. The number of amides is 2. The molecule has 5 nitrogen and oxygen atoms in total. The van der Waals surface area contributed by atoms with Gasteiger partial charge in [0.2, 0.25) is 0 Å². The van der Waals surface area contributed by atoms with E-state index in [1.807, 2.05) is 24.3 Å². The maximum absolute atomic E-state index is 12.4. The number of rotatable bonds is 6. The molecule has 0 atom stereocenters. The van der Waals surface area contributed by atoms with E-state index in [2.05, 4.69) is 49.6 Å². The van der Waals surface area contributed by atoms with Gasteiger partial charge < -0.3 is 20.1 Å². The summed E-state index contributed by atoms with van der Waals surface area (Å²) in [6.07, 6.45) is 2.09. The average molecular weight is 383 g/mol. The fraction of sp³-hybridized carbons (Fsp3) is 0.435. The van der Waals surface area contributed by atoms with Crippen LogP contribution in [0.1, 0.15) is 44.7 Å². The first-order chi connectivity index (χ1) is 13.3. The Morgan fingerprint density at radius 2 is 1.64 bits per heavy atom. The number of benzene rings is 2. The molecule has 0 spiro atoms. The van der Waals surface area contributed by atoms with E-state index >= 15 is 0 Å². The fourth-order valence-electron chi connectivity index (χ4n) is 3.36. The van der Waals surface area contributed by atoms with Crippen molar-refractivity contribution >= 4 is 11.7 Å². The lowest BCUT2D eigenvalue weighted by Crippen LogP contribution is -2.35. The second kappa shape index (κ2) is 7.74. The molecule has 5 heteroatoms. The molecule has 0 aliphatic heterocycles. The topological polar surface area (TPSA) is 59.6 Å². The quantitative estimate of drug-likeness (QED) is 0.750. The highest BCUT2D eigenvalue weighted by atomic mass is 16.5. The molecule has 28 heavy (non-hydrogen) atoms. The van der Waals surface area contributed by atoms with E-state index < -0.39 is 0 Å². The van der Waals surface area contributed by atoms with Gasteiger partial charge in [-0.3, -0.25) is 0 Å². The van der Waals surface area contributed by atoms with Gasteiger partial charge in [0.25, 0.3) is 0 Å². The molecule has 2 amide bonds. The molecule has 2 N–H and O–H groups in total. The molecule has 1 fully saturated rings. The van der Waals surface area contributed by atoms with Crippen molar-refractivity contribution < 1.29 is 14.3 Å². The molecule has 150 valence electrons. The molecule has 0 radical (unpaired) electrons. The van der Waals surface area contributed by atoms with Crippen molar-refractivity contribution in [3.8, 4) is 11.5 Å². The van der Waals surface area contributed by atoms with E-state index in [0.717, 1.165) is 24.3 Å². The summed E-state index contributed by atoms with van der Waals surface area (Å²) in [5.74, 6) is 1.43. The van der Waals surface area contributed by atoms with Crippen LogP contribution in [-0.2, 0) is 10.8 Å². The van der Waals surface area contributed by atoms with Crippen molar-refractivity contribution in [2.24, 2.45) is 0 Å². The number of nitrogens with one attached hydrogen (secondary N) is 2. The van der Waals surface area contributed by atoms with E-state index in [0.29, 0.717) is 12.3 Å². The van der Waals surface area contributed by atoms with Crippen LogP contribution < -0.4 is 20.1 Å². The predicted octanol–water partition coefficient (Wildman–Crippen LogP) is 4.85. The van der Waals surface area contributed by atoms with Crippen LogP contribution in [0.15, 0.2) is 42.5 Å². The van der Waals surface area contributed by atoms with E-state index in [-0.39, 0.29) is 16.9 Å². The predicted molar refractivity (Wildman–Crippen MR) is 113 cm³/mol. The highest BCUT2D eigenvalue weighted by Crippen LogP contribution is 2.49. The molecule has 3 rings (SSSR count). The molecular formula is C23H30N2O3. The van der Waals surface area contributed by atoms with Crippen LogP contribution in [0, 0.1) is 0 Å². The van der Waals surface area contributed by atoms with Crippen LogP contribution in [-0.4, -0.2) is 26.8 Å². The van der Waals surface area contributed by atoms with Crippen LogP contribution in [0.2, 0.25) is 0 Å². The summed E-state index contributed by atoms with van der Waals surface area (Å²) in [5.41, 5.74) is 3.27. The standard InChI is InChI=1S/C23H30N2O3/c1-22(2,3)16-6-9-18(10-7-16)25-21(26)24-15-23(12-13-23)17-8-11-19(27-4)20(14-17)28-5/h6-11,14H,12-13,15H2,1-5H3,(H2,24,25,26). The average Bonchev–Trinajstić information content (AvgIpc) is 3.47. The van der Waals surface area contributed by atoms with Gasteiger partial charge in [0.05, 0.1) is 14.2 Å². The van der Waals surface area contributed by atoms with Crippen LogP contribution in [0.25, 0.3) is 0 Å². The van der Waals surface area contributed by atoms with Crippen LogP contribution >= 0.6 is 0 Å². The Morgan fingerprint density at radius 1 is 1.00 bits per heavy atom. The summed E-state index contributed by atoms with van der Waals surface area (Å²) in [7, 11) is 3.27. The summed E-state index contributed by atoms with van der Waals surface area (Å²) < 4.78 is 10.7. The highest BCUT2D eigenvalue weighted by Gasteiger charge is 2.44. The lowest BCUT2D eigenvalue weighted by atomic mass is 9.87. The van der Waals surface area contributed by atoms with Gasteiger partial charge in [-0.15, -0.1) is 0 Å². The summed E-state index contributed by atoms with van der Waals surface area (Å²) in [4.78, 5) is 12.4. The SMILES string of the molecule is COc1ccc(C2(CNC(=O)Nc3ccc(C(C)(C)C)cc3)CC2)cc1OC. The highest BCUT2D eigenvalue weighted by molar-refractivity contribution is 5.89. The van der Waals surface area contributed by atoms with Crippen molar-refractivity contribution in [2.45, 2.75) is 44.4 Å². The molecule has 0 saturated heterocycles. The zero-order valence-electron chi connectivity index (χ0n) is 17.4. The smallest absolute Gasteiger partial charge is 0.319 e. The first kappa shape index (κ1) is 20.1. The number of ether oxygens (including phenoxy) is 2. The summed E-state index contributed by atoms with van der Waals surface area (Å²) in [6, 6.07) is 13.8. The molecule has 0 unspecified atom stereocenters. The van der Waals surface area contributed by atoms with Crippen LogP contribution in [0.5, 0.6) is 11.5 Å². The Balaban J connectivity index is 1.60. The van der Waals surface area contributed by atoms with Crippen molar-refractivity contribution in [2.75, 3.05) is 26.1 Å². The molecule has 2 aromatic rings. The van der Waals surface area contributed by atoms with Crippen molar-refractivity contribution in [1.29, 1.82) is 0 Å². The summed E-state index contributed by atoms with van der Waals surface area (Å²) >= 11 is 0. The minimum Gasteiger partial charge on any atom is -0.493 e. The third-order valence-electron chi connectivity index (χ3n) is 5.45. The number of hydrogen-bond donors (Lipinski definition) is 2. The number of carbonyl (C=O) groups is 1. The Morgan fingerprint density at radius 3 is 2.18 bits per heavy atom. The van der Waals surface area contributed by atoms with E-state index in [1.54, 1.807) is 14.2 Å². The summed E-state index contributed by atoms with van der Waals surface area (Å²) in [6.45, 7) is 7.11. The van der Waals surface area contributed by atoms with Crippen molar-refractivity contribution in [3.05, 3.63) is 53.6 Å². The minimum absolute atomic E-state index is 0.0208. The molecule has 1 aliphatic carbocycles. The zero-order chi connectivity index (χ0) is 20.4. The third-order valence-corrected chi connectivity index (χ3v) is 5.45. The van der Waals surface area contributed by atoms with Crippen LogP contribution in [0.3, 0.4) is 0 Å². The van der Waals surface area contributed by atoms with E-state index in [9.17, 15) is 4.79 Å². The van der Waals surface area contributed by atoms with Gasteiger partial charge in [0.1, 0.15) is 0 Å². The monoisotopic (exact) mass is 382 g/mol. The molecule has 2 aromatic carbocycles. The van der Waals surface area contributed by atoms with Gasteiger partial charge in [-0.05, 0) is 53.6 Å². The van der Waals surface area contributed by atoms with E-state index in [1.165, 1.54) is 11.1 Å². The Bertz CT molecular complexity index is 834. The van der Waals surface area contributed by atoms with Crippen molar-refractivity contribution in [3.63, 3.8) is 0 Å². The molecule has 0 bridgehead atoms. The number of carbonyl (C=O) groups excluding carboxylic acids is 1. The minimum atomic E-state index is -0.185. The Kier molecular flexibility index (Phi) is 5.54. The Hall–Kier alpha value is -2.69. The fourth-order valence-corrected chi connectivity index (χ4v) is 3.36. The second-order valence-electron chi connectivity index (χ2n) is 8.49. The van der Waals surface area contributed by atoms with Crippen LogP contribution in [0.4, 0.5) is 10.5 Å². The normalized spacial score (nSPS) is 14.9. The first-order valence-corrected chi connectivity index (χ1v) is 9.65. The van der Waals surface area contributed by atoms with Gasteiger partial charge in [-0.1, -0.05) is 39.0 Å². The first-order valence-electron chi connectivity index (χ1n) is 9.65. The second-order valence-corrected chi connectivity index (χ2v) is 8.49. The number of urea groups is 1. The lowest BCUT2D eigenvalue weighted by molar-refractivity contribution is 0.251. The molecule has 0 aromatic heterocycles.